The van der Waals surface area contributed by atoms with Crippen LogP contribution < -0.4 is 4.90 Å². The first kappa shape index (κ1) is 33.7. The van der Waals surface area contributed by atoms with Gasteiger partial charge in [0.1, 0.15) is 0 Å². The number of hydrogen-bond acceptors (Lipinski definition) is 2. The summed E-state index contributed by atoms with van der Waals surface area (Å²) in [5.74, 6) is 0. The van der Waals surface area contributed by atoms with E-state index < -0.39 is 0 Å². The molecule has 3 heteroatoms. The monoisotopic (exact) mass is 768 g/mol. The zero-order valence-electron chi connectivity index (χ0n) is 32.1. The number of nitrogens with zero attached hydrogens (tertiary/aromatic N) is 2. The van der Waals surface area contributed by atoms with E-state index in [2.05, 4.69) is 228 Å². The molecule has 2 nitrogen and oxygen atoms in total. The maximum absolute atomic E-state index is 2.48. The first-order valence-corrected chi connectivity index (χ1v) is 21.0. The van der Waals surface area contributed by atoms with Gasteiger partial charge in [-0.05, 0) is 86.8 Å². The van der Waals surface area contributed by atoms with Crippen LogP contribution in [0.25, 0.3) is 91.5 Å². The Balaban J connectivity index is 1.04. The molecule has 0 atom stereocenters. The summed E-state index contributed by atoms with van der Waals surface area (Å²) < 4.78 is 4.99. The van der Waals surface area contributed by atoms with Crippen molar-refractivity contribution in [1.82, 2.24) is 4.57 Å². The summed E-state index contributed by atoms with van der Waals surface area (Å²) in [7, 11) is 0. The Morgan fingerprint density at radius 3 is 1.69 bits per heavy atom. The molecule has 0 aliphatic heterocycles. The van der Waals surface area contributed by atoms with Gasteiger partial charge in [-0.2, -0.15) is 0 Å². The van der Waals surface area contributed by atoms with Crippen LogP contribution in [0.2, 0.25) is 0 Å². The second-order valence-corrected chi connectivity index (χ2v) is 16.3. The van der Waals surface area contributed by atoms with E-state index in [-0.39, 0.29) is 0 Å². The lowest BCUT2D eigenvalue weighted by molar-refractivity contribution is 1.18. The van der Waals surface area contributed by atoms with Crippen LogP contribution in [0, 0.1) is 0 Å². The van der Waals surface area contributed by atoms with Gasteiger partial charge in [0.2, 0.25) is 0 Å². The molecule has 0 bridgehead atoms. The Labute approximate surface area is 346 Å². The first-order chi connectivity index (χ1) is 29.3. The molecule has 2 aromatic heterocycles. The molecule has 0 radical (unpaired) electrons. The predicted molar refractivity (Wildman–Crippen MR) is 254 cm³/mol. The van der Waals surface area contributed by atoms with Gasteiger partial charge in [-0.25, -0.2) is 0 Å². The van der Waals surface area contributed by atoms with E-state index in [1.54, 1.807) is 0 Å². The molecule has 276 valence electrons. The van der Waals surface area contributed by atoms with E-state index in [1.807, 2.05) is 11.3 Å². The fourth-order valence-corrected chi connectivity index (χ4v) is 10.6. The summed E-state index contributed by atoms with van der Waals surface area (Å²) in [5, 5.41) is 10.2. The molecule has 0 N–H and O–H groups in total. The van der Waals surface area contributed by atoms with E-state index in [0.717, 1.165) is 17.1 Å². The molecule has 10 aromatic carbocycles. The lowest BCUT2D eigenvalue weighted by Crippen LogP contribution is -2.11. The van der Waals surface area contributed by atoms with Gasteiger partial charge in [0.25, 0.3) is 0 Å². The Morgan fingerprint density at radius 1 is 0.339 bits per heavy atom. The average molecular weight is 769 g/mol. The Morgan fingerprint density at radius 2 is 0.898 bits per heavy atom. The maximum atomic E-state index is 2.48. The molecular formula is C56H36N2S. The van der Waals surface area contributed by atoms with Crippen molar-refractivity contribution in [1.29, 1.82) is 0 Å². The summed E-state index contributed by atoms with van der Waals surface area (Å²) in [6.45, 7) is 0. The van der Waals surface area contributed by atoms with E-state index in [1.165, 1.54) is 91.5 Å². The minimum Gasteiger partial charge on any atom is -0.309 e. The van der Waals surface area contributed by atoms with Crippen LogP contribution >= 0.6 is 11.3 Å². The first-order valence-electron chi connectivity index (χ1n) is 20.2. The van der Waals surface area contributed by atoms with Gasteiger partial charge in [0.05, 0.1) is 27.1 Å². The maximum Gasteiger partial charge on any atom is 0.0640 e. The number of rotatable bonds is 6. The Hall–Kier alpha value is -7.46. The third-order valence-corrected chi connectivity index (χ3v) is 13.3. The van der Waals surface area contributed by atoms with Crippen LogP contribution in [0.1, 0.15) is 0 Å². The van der Waals surface area contributed by atoms with Gasteiger partial charge in [-0.3, -0.25) is 0 Å². The van der Waals surface area contributed by atoms with Crippen LogP contribution in [0.5, 0.6) is 0 Å². The summed E-state index contributed by atoms with van der Waals surface area (Å²) in [6, 6.07) is 79.9. The highest BCUT2D eigenvalue weighted by molar-refractivity contribution is 7.27. The molecule has 12 rings (SSSR count). The summed E-state index contributed by atoms with van der Waals surface area (Å²) in [5.41, 5.74) is 11.7. The van der Waals surface area contributed by atoms with Gasteiger partial charge >= 0.3 is 0 Å². The number of aromatic nitrogens is 1. The molecule has 59 heavy (non-hydrogen) atoms. The van der Waals surface area contributed by atoms with Crippen molar-refractivity contribution in [2.75, 3.05) is 4.90 Å². The van der Waals surface area contributed by atoms with Crippen LogP contribution in [0.15, 0.2) is 218 Å². The Bertz CT molecular complexity index is 3510. The van der Waals surface area contributed by atoms with Gasteiger partial charge in [-0.1, -0.05) is 170 Å². The molecule has 0 aliphatic rings. The van der Waals surface area contributed by atoms with Crippen molar-refractivity contribution in [3.05, 3.63) is 218 Å². The minimum atomic E-state index is 1.11. The summed E-state index contributed by atoms with van der Waals surface area (Å²) in [6.07, 6.45) is 0. The van der Waals surface area contributed by atoms with Crippen molar-refractivity contribution >= 4 is 91.9 Å². The molecule has 0 saturated heterocycles. The molecule has 12 aromatic rings. The average Bonchev–Trinajstić information content (AvgIpc) is 3.86. The fourth-order valence-electron chi connectivity index (χ4n) is 9.28. The smallest absolute Gasteiger partial charge is 0.0640 e. The quantitative estimate of drug-likeness (QED) is 0.164. The third kappa shape index (κ3) is 5.40. The number of para-hydroxylation sites is 3. The second-order valence-electron chi connectivity index (χ2n) is 15.3. The van der Waals surface area contributed by atoms with E-state index in [0.29, 0.717) is 0 Å². The van der Waals surface area contributed by atoms with Crippen molar-refractivity contribution in [3.8, 4) is 27.9 Å². The second kappa shape index (κ2) is 13.6. The van der Waals surface area contributed by atoms with Crippen molar-refractivity contribution < 1.29 is 0 Å². The predicted octanol–water partition coefficient (Wildman–Crippen LogP) is 16.3. The molecule has 0 fully saturated rings. The minimum absolute atomic E-state index is 1.11. The van der Waals surface area contributed by atoms with Crippen LogP contribution in [0.4, 0.5) is 17.1 Å². The third-order valence-electron chi connectivity index (χ3n) is 12.0. The van der Waals surface area contributed by atoms with Gasteiger partial charge < -0.3 is 9.47 Å². The van der Waals surface area contributed by atoms with Gasteiger partial charge in [-0.15, -0.1) is 11.3 Å². The standard InChI is InChI=1S/C56H36N2S/c1-3-19-43-38(14-1)16-12-24-45(43)46-21-5-8-26-51(46)57(54-29-13-25-49-50-35-32-39-15-2-4-20-44(39)55(50)59-56(49)54)41-33-30-37(31-34-41)40-17-11-18-42(36-40)58-52-27-9-6-22-47(52)48-23-7-10-28-53(48)58/h1-36H. The SMILES string of the molecule is c1cc(-c2ccc(N(c3ccccc3-c3cccc4ccccc34)c3cccc4c3sc3c5ccccc5ccc43)cc2)cc(-n2c3ccccc3c3ccccc32)c1. The van der Waals surface area contributed by atoms with E-state index >= 15 is 0 Å². The highest BCUT2D eigenvalue weighted by Gasteiger charge is 2.22. The van der Waals surface area contributed by atoms with Crippen molar-refractivity contribution in [3.63, 3.8) is 0 Å². The molecule has 0 saturated carbocycles. The van der Waals surface area contributed by atoms with Crippen molar-refractivity contribution in [2.24, 2.45) is 0 Å². The summed E-state index contributed by atoms with van der Waals surface area (Å²) >= 11 is 1.90. The zero-order chi connectivity index (χ0) is 38.9. The molecule has 0 unspecified atom stereocenters. The van der Waals surface area contributed by atoms with Gasteiger partial charge in [0.15, 0.2) is 0 Å². The van der Waals surface area contributed by atoms with E-state index in [9.17, 15) is 0 Å². The lowest BCUT2D eigenvalue weighted by Gasteiger charge is -2.29. The Kier molecular flexibility index (Phi) is 7.75. The largest absolute Gasteiger partial charge is 0.309 e. The van der Waals surface area contributed by atoms with E-state index in [4.69, 9.17) is 0 Å². The fraction of sp³-hybridized carbons (Fsp3) is 0. The normalized spacial score (nSPS) is 11.7. The van der Waals surface area contributed by atoms with Crippen LogP contribution in [-0.4, -0.2) is 4.57 Å². The van der Waals surface area contributed by atoms with Crippen molar-refractivity contribution in [2.45, 2.75) is 0 Å². The molecule has 2 heterocycles. The molecule has 0 spiro atoms. The van der Waals surface area contributed by atoms with Crippen LogP contribution in [-0.2, 0) is 0 Å². The molecular weight excluding hydrogens is 733 g/mol. The molecule has 0 amide bonds. The van der Waals surface area contributed by atoms with Gasteiger partial charge in [0, 0.05) is 43.2 Å². The highest BCUT2D eigenvalue weighted by Crippen LogP contribution is 2.49. The zero-order valence-corrected chi connectivity index (χ0v) is 32.9. The lowest BCUT2D eigenvalue weighted by atomic mass is 9.96. The summed E-state index contributed by atoms with van der Waals surface area (Å²) in [4.78, 5) is 2.48. The number of anilines is 3. The van der Waals surface area contributed by atoms with Crippen LogP contribution in [0.3, 0.4) is 0 Å². The number of benzene rings is 10. The highest BCUT2D eigenvalue weighted by atomic mass is 32.1. The number of hydrogen-bond donors (Lipinski definition) is 0. The number of fused-ring (bicyclic) bond motifs is 9. The topological polar surface area (TPSA) is 8.17 Å². The molecule has 0 aliphatic carbocycles. The number of thiophene rings is 1.